The van der Waals surface area contributed by atoms with Crippen molar-refractivity contribution in [2.24, 2.45) is 17.3 Å². The van der Waals surface area contributed by atoms with Crippen LogP contribution in [0.2, 0.25) is 0 Å². The fourth-order valence-corrected chi connectivity index (χ4v) is 14.3. The highest BCUT2D eigenvalue weighted by Crippen LogP contribution is 2.61. The van der Waals surface area contributed by atoms with Gasteiger partial charge in [-0.3, -0.25) is 19.1 Å². The Morgan fingerprint density at radius 2 is 1.74 bits per heavy atom. The number of carbonyl (C=O) groups excluding carboxylic acids is 1. The average molecular weight is 1080 g/mol. The van der Waals surface area contributed by atoms with Crippen LogP contribution in [0.3, 0.4) is 0 Å². The van der Waals surface area contributed by atoms with Gasteiger partial charge < -0.3 is 39.4 Å². The van der Waals surface area contributed by atoms with Gasteiger partial charge >= 0.3 is 18.0 Å². The second-order valence-electron chi connectivity index (χ2n) is 21.4. The predicted octanol–water partition coefficient (Wildman–Crippen LogP) is 9.27. The Morgan fingerprint density at radius 3 is 2.45 bits per heavy atom. The Morgan fingerprint density at radius 1 is 1.00 bits per heavy atom. The van der Waals surface area contributed by atoms with E-state index in [4.69, 9.17) is 14.2 Å². The number of alkyl halides is 6. The maximum atomic E-state index is 13.6. The van der Waals surface area contributed by atoms with E-state index in [1.807, 2.05) is 21.6 Å². The summed E-state index contributed by atoms with van der Waals surface area (Å²) in [6.07, 6.45) is -2.43. The summed E-state index contributed by atoms with van der Waals surface area (Å²) in [6.45, 7) is 8.79. The number of hydrogen-bond donors (Lipinski definition) is 4. The molecule has 0 spiro atoms. The first-order chi connectivity index (χ1) is 34.5. The lowest BCUT2D eigenvalue weighted by molar-refractivity contribution is -0.383. The lowest BCUT2D eigenvalue weighted by Gasteiger charge is -2.50. The summed E-state index contributed by atoms with van der Waals surface area (Å²) in [5.41, 5.74) is -2.35. The fraction of sp³-hybridized carbons (Fsp3) is 0.788. The number of ether oxygens (including phenoxy) is 4. The summed E-state index contributed by atoms with van der Waals surface area (Å²) in [6, 6.07) is 6.63. The SMILES string of the molecule is CCCC(OCCN(C)CCO[C@H]1CC[C@H]2C3CCc4cc(OCCC(C)(C)SSCCCCCCNC(=O)CCc5cn([C@H]6C[C@H](O)[C@@H](CO)O6)c(=O)[nH]c5=O)ccc4C3CC[C@]12C)(C(F)(F)F)C(F)(F)F. The van der Waals surface area contributed by atoms with Crippen molar-refractivity contribution in [1.82, 2.24) is 19.8 Å². The molecule has 2 heterocycles. The van der Waals surface area contributed by atoms with Gasteiger partial charge in [0.05, 0.1) is 38.6 Å². The molecule has 1 saturated heterocycles. The summed E-state index contributed by atoms with van der Waals surface area (Å²) in [5, 5.41) is 22.3. The highest BCUT2D eigenvalue weighted by atomic mass is 33.1. The van der Waals surface area contributed by atoms with Crippen molar-refractivity contribution >= 4 is 27.5 Å². The molecule has 3 aliphatic carbocycles. The molecule has 6 rings (SSSR count). The van der Waals surface area contributed by atoms with Crippen LogP contribution >= 0.6 is 21.6 Å². The van der Waals surface area contributed by atoms with E-state index >= 15 is 0 Å². The summed E-state index contributed by atoms with van der Waals surface area (Å²) in [4.78, 5) is 41.2. The van der Waals surface area contributed by atoms with Gasteiger partial charge in [0.1, 0.15) is 18.1 Å². The first-order valence-electron chi connectivity index (χ1n) is 26.2. The maximum Gasteiger partial charge on any atom is 0.426 e. The molecule has 3 fully saturated rings. The van der Waals surface area contributed by atoms with Crippen LogP contribution in [0.1, 0.15) is 146 Å². The third-order valence-corrected chi connectivity index (χ3v) is 19.3. The number of hydrogen-bond acceptors (Lipinski definition) is 12. The van der Waals surface area contributed by atoms with E-state index in [1.54, 1.807) is 11.9 Å². The van der Waals surface area contributed by atoms with Crippen molar-refractivity contribution in [3.05, 3.63) is 61.9 Å². The number of unbranched alkanes of at least 4 members (excludes halogenated alkanes) is 3. The number of nitrogens with one attached hydrogen (secondary N) is 2. The lowest BCUT2D eigenvalue weighted by Crippen LogP contribution is -2.59. The van der Waals surface area contributed by atoms with Crippen LogP contribution in [0.5, 0.6) is 5.75 Å². The third kappa shape index (κ3) is 15.0. The number of carbonyl (C=O) groups is 1. The zero-order chi connectivity index (χ0) is 53.2. The minimum atomic E-state index is -5.57. The Kier molecular flexibility index (Phi) is 21.2. The third-order valence-electron chi connectivity index (χ3n) is 15.8. The van der Waals surface area contributed by atoms with E-state index in [-0.39, 0.29) is 60.0 Å². The van der Waals surface area contributed by atoms with Gasteiger partial charge in [0, 0.05) is 54.7 Å². The zero-order valence-corrected chi connectivity index (χ0v) is 44.7. The monoisotopic (exact) mass is 1080 g/mol. The summed E-state index contributed by atoms with van der Waals surface area (Å²) in [7, 11) is 5.42. The quantitative estimate of drug-likeness (QED) is 0.0364. The number of aliphatic hydroxyl groups is 2. The number of nitrogens with zero attached hydrogens (tertiary/aromatic N) is 2. The van der Waals surface area contributed by atoms with Crippen LogP contribution in [-0.4, -0.2) is 130 Å². The molecule has 1 amide bonds. The predicted molar refractivity (Wildman–Crippen MR) is 271 cm³/mol. The van der Waals surface area contributed by atoms with Gasteiger partial charge in [-0.1, -0.05) is 60.8 Å². The van der Waals surface area contributed by atoms with Crippen LogP contribution in [-0.2, 0) is 31.8 Å². The Balaban J connectivity index is 0.825. The minimum absolute atomic E-state index is 0.00901. The van der Waals surface area contributed by atoms with Gasteiger partial charge in [0.25, 0.3) is 11.2 Å². The van der Waals surface area contributed by atoms with Crippen molar-refractivity contribution in [3.63, 3.8) is 0 Å². The van der Waals surface area contributed by atoms with Gasteiger partial charge in [0.15, 0.2) is 0 Å². The highest BCUT2D eigenvalue weighted by Gasteiger charge is 2.71. The average Bonchev–Trinajstić information content (AvgIpc) is 3.87. The molecule has 8 atom stereocenters. The first-order valence-corrected chi connectivity index (χ1v) is 28.5. The van der Waals surface area contributed by atoms with Crippen molar-refractivity contribution in [2.75, 3.05) is 58.9 Å². The van der Waals surface area contributed by atoms with Crippen LogP contribution in [0.25, 0.3) is 0 Å². The summed E-state index contributed by atoms with van der Waals surface area (Å²) >= 11 is 0. The minimum Gasteiger partial charge on any atom is -0.494 e. The molecular formula is C52H78F6N4O9S2. The molecule has 13 nitrogen and oxygen atoms in total. The fourth-order valence-electron chi connectivity index (χ4n) is 11.6. The number of likely N-dealkylation sites (N-methyl/N-ethyl adjacent to an activating group) is 1. The van der Waals surface area contributed by atoms with E-state index in [0.717, 1.165) is 82.1 Å². The molecule has 73 heavy (non-hydrogen) atoms. The van der Waals surface area contributed by atoms with Crippen LogP contribution in [0.15, 0.2) is 34.0 Å². The number of aliphatic hydroxyl groups excluding tert-OH is 2. The van der Waals surface area contributed by atoms with Crippen molar-refractivity contribution in [2.45, 2.75) is 184 Å². The van der Waals surface area contributed by atoms with Crippen molar-refractivity contribution < 1.29 is 60.3 Å². The van der Waals surface area contributed by atoms with Crippen LogP contribution < -0.4 is 21.3 Å². The molecule has 4 aliphatic rings. The van der Waals surface area contributed by atoms with E-state index in [2.05, 4.69) is 54.0 Å². The smallest absolute Gasteiger partial charge is 0.426 e. The molecule has 21 heteroatoms. The van der Waals surface area contributed by atoms with Crippen molar-refractivity contribution in [1.29, 1.82) is 0 Å². The molecule has 1 aromatic carbocycles. The standard InChI is InChI=1S/C52H78F6N4O9S2/c1-6-20-50(51(53,54)55,52(56,57)58)70-28-25-61(5)24-27-69-43-17-16-40-39-14-11-34-30-36(13-15-37(34)38(39)19-21-49(40,43)4)68-26-22-48(2,3)73-72-29-10-8-7-9-23-59-44(65)18-12-35-32-62(47(67)60-46(35)66)45-31-41(64)42(33-63)71-45/h13,15,30,32,38-43,45,63-64H,6-12,14,16-29,31,33H2,1-5H3,(H,59,65)(H,60,66,67)/t38?,39?,40-,41-,42+,43-,45+,49-/m0/s1. The molecule has 0 bridgehead atoms. The molecule has 4 N–H and O–H groups in total. The molecule has 2 aromatic rings. The molecular weight excluding hydrogens is 1000 g/mol. The second kappa shape index (κ2) is 26.0. The molecule has 0 radical (unpaired) electrons. The molecule has 1 aromatic heterocycles. The van der Waals surface area contributed by atoms with E-state index in [0.29, 0.717) is 44.1 Å². The van der Waals surface area contributed by atoms with Crippen LogP contribution in [0.4, 0.5) is 26.3 Å². The summed E-state index contributed by atoms with van der Waals surface area (Å²) < 4.78 is 106. The number of benzene rings is 1. The number of amides is 1. The number of halogens is 6. The van der Waals surface area contributed by atoms with Gasteiger partial charge in [-0.25, -0.2) is 4.79 Å². The number of aryl methyl sites for hydroxylation is 2. The lowest BCUT2D eigenvalue weighted by atomic mass is 9.55. The Labute approximate surface area is 433 Å². The van der Waals surface area contributed by atoms with Gasteiger partial charge in [-0.2, -0.15) is 26.3 Å². The molecule has 414 valence electrons. The van der Waals surface area contributed by atoms with Crippen molar-refractivity contribution in [3.8, 4) is 5.75 Å². The zero-order valence-electron chi connectivity index (χ0n) is 43.1. The maximum absolute atomic E-state index is 13.6. The van der Waals surface area contributed by atoms with E-state index in [1.165, 1.54) is 28.8 Å². The number of aromatic nitrogens is 2. The molecule has 1 aliphatic heterocycles. The second-order valence-corrected chi connectivity index (χ2v) is 24.6. The van der Waals surface area contributed by atoms with Gasteiger partial charge in [-0.15, -0.1) is 0 Å². The number of aromatic amines is 1. The highest BCUT2D eigenvalue weighted by molar-refractivity contribution is 8.77. The number of fused-ring (bicyclic) bond motifs is 5. The molecule has 2 saturated carbocycles. The van der Waals surface area contributed by atoms with E-state index in [9.17, 15) is 50.9 Å². The van der Waals surface area contributed by atoms with Gasteiger partial charge in [0.2, 0.25) is 5.91 Å². The summed E-state index contributed by atoms with van der Waals surface area (Å²) in [5.74, 6) is 3.30. The van der Waals surface area contributed by atoms with Gasteiger partial charge in [-0.05, 0) is 138 Å². The first kappa shape index (κ1) is 59.5. The van der Waals surface area contributed by atoms with Crippen LogP contribution in [0, 0.1) is 17.3 Å². The Bertz CT molecular complexity index is 2200. The number of H-pyrrole nitrogens is 1. The van der Waals surface area contributed by atoms with E-state index < -0.39 is 67.3 Å². The Hall–Kier alpha value is -2.79. The number of rotatable bonds is 28. The molecule has 2 unspecified atom stereocenters. The topological polar surface area (TPSA) is 165 Å². The largest absolute Gasteiger partial charge is 0.494 e. The normalized spacial score (nSPS) is 25.4.